The van der Waals surface area contributed by atoms with Crippen molar-refractivity contribution in [2.45, 2.75) is 6.61 Å². The fraction of sp³-hybridized carbons (Fsp3) is 0.118. The number of fused-ring (bicyclic) bond motifs is 1. The number of methoxy groups -OCH3 is 1. The monoisotopic (exact) mass is 282 g/mol. The number of hydrogen-bond donors (Lipinski definition) is 0. The average molecular weight is 282 g/mol. The van der Waals surface area contributed by atoms with Crippen molar-refractivity contribution in [2.75, 3.05) is 7.11 Å². The molecule has 0 saturated carbocycles. The van der Waals surface area contributed by atoms with Crippen LogP contribution in [0.2, 0.25) is 0 Å². The molecule has 0 aliphatic rings. The highest BCUT2D eigenvalue weighted by molar-refractivity contribution is 5.98. The zero-order chi connectivity index (χ0) is 14.7. The SMILES string of the molecule is COC(=O)c1oc2ccccc2c1OCc1ccccc1. The van der Waals surface area contributed by atoms with E-state index in [0.29, 0.717) is 17.9 Å². The summed E-state index contributed by atoms with van der Waals surface area (Å²) in [5.41, 5.74) is 1.61. The van der Waals surface area contributed by atoms with E-state index in [1.54, 1.807) is 6.07 Å². The number of carbonyl (C=O) groups is 1. The molecular weight excluding hydrogens is 268 g/mol. The van der Waals surface area contributed by atoms with Crippen molar-refractivity contribution < 1.29 is 18.7 Å². The number of rotatable bonds is 4. The van der Waals surface area contributed by atoms with E-state index in [1.165, 1.54) is 7.11 Å². The molecule has 106 valence electrons. The van der Waals surface area contributed by atoms with Gasteiger partial charge in [-0.1, -0.05) is 42.5 Å². The van der Waals surface area contributed by atoms with Crippen LogP contribution in [0.3, 0.4) is 0 Å². The van der Waals surface area contributed by atoms with E-state index in [9.17, 15) is 4.79 Å². The largest absolute Gasteiger partial charge is 0.484 e. The Morgan fingerprint density at radius 2 is 1.76 bits per heavy atom. The predicted molar refractivity (Wildman–Crippen MR) is 78.3 cm³/mol. The van der Waals surface area contributed by atoms with Gasteiger partial charge < -0.3 is 13.9 Å². The van der Waals surface area contributed by atoms with Crippen LogP contribution >= 0.6 is 0 Å². The maximum Gasteiger partial charge on any atom is 0.377 e. The molecule has 0 radical (unpaired) electrons. The molecule has 0 unspecified atom stereocenters. The molecule has 3 aromatic rings. The van der Waals surface area contributed by atoms with Gasteiger partial charge in [0.25, 0.3) is 5.76 Å². The van der Waals surface area contributed by atoms with Crippen LogP contribution in [0.1, 0.15) is 16.1 Å². The number of carbonyl (C=O) groups excluding carboxylic acids is 1. The molecule has 1 aromatic heterocycles. The van der Waals surface area contributed by atoms with Gasteiger partial charge in [0.1, 0.15) is 12.2 Å². The summed E-state index contributed by atoms with van der Waals surface area (Å²) in [5, 5.41) is 0.758. The summed E-state index contributed by atoms with van der Waals surface area (Å²) in [6.07, 6.45) is 0. The van der Waals surface area contributed by atoms with Gasteiger partial charge in [-0.2, -0.15) is 0 Å². The highest BCUT2D eigenvalue weighted by atomic mass is 16.5. The molecule has 0 fully saturated rings. The average Bonchev–Trinajstić information content (AvgIpc) is 2.92. The topological polar surface area (TPSA) is 48.7 Å². The van der Waals surface area contributed by atoms with Crippen molar-refractivity contribution in [2.24, 2.45) is 0 Å². The maximum atomic E-state index is 11.8. The summed E-state index contributed by atoms with van der Waals surface area (Å²) in [4.78, 5) is 11.8. The van der Waals surface area contributed by atoms with Gasteiger partial charge in [0.2, 0.25) is 0 Å². The number of furan rings is 1. The van der Waals surface area contributed by atoms with Crippen LogP contribution in [-0.2, 0) is 11.3 Å². The summed E-state index contributed by atoms with van der Waals surface area (Å²) < 4.78 is 16.1. The number of ether oxygens (including phenoxy) is 2. The Labute approximate surface area is 121 Å². The molecule has 0 saturated heterocycles. The van der Waals surface area contributed by atoms with E-state index in [4.69, 9.17) is 13.9 Å². The number of benzene rings is 2. The summed E-state index contributed by atoms with van der Waals surface area (Å²) in [6, 6.07) is 17.1. The third-order valence-electron chi connectivity index (χ3n) is 3.15. The molecule has 4 nitrogen and oxygen atoms in total. The van der Waals surface area contributed by atoms with Crippen molar-refractivity contribution in [1.29, 1.82) is 0 Å². The zero-order valence-corrected chi connectivity index (χ0v) is 11.5. The Kier molecular flexibility index (Phi) is 3.60. The molecular formula is C17H14O4. The molecule has 3 rings (SSSR count). The standard InChI is InChI=1S/C17H14O4/c1-19-17(18)16-15(13-9-5-6-10-14(13)21-16)20-11-12-7-3-2-4-8-12/h2-10H,11H2,1H3. The summed E-state index contributed by atoms with van der Waals surface area (Å²) in [6.45, 7) is 0.356. The Bertz CT molecular complexity index is 759. The molecule has 0 aliphatic carbocycles. The highest BCUT2D eigenvalue weighted by Crippen LogP contribution is 2.34. The Morgan fingerprint density at radius 3 is 2.52 bits per heavy atom. The third-order valence-corrected chi connectivity index (χ3v) is 3.15. The lowest BCUT2D eigenvalue weighted by Crippen LogP contribution is -2.03. The molecule has 1 heterocycles. The Balaban J connectivity index is 1.97. The second-order valence-electron chi connectivity index (χ2n) is 4.52. The van der Waals surface area contributed by atoms with Crippen LogP contribution in [0.4, 0.5) is 0 Å². The molecule has 0 N–H and O–H groups in total. The maximum absolute atomic E-state index is 11.8. The van der Waals surface area contributed by atoms with Crippen LogP contribution in [0.15, 0.2) is 59.0 Å². The van der Waals surface area contributed by atoms with Gasteiger partial charge in [-0.15, -0.1) is 0 Å². The first-order valence-corrected chi connectivity index (χ1v) is 6.56. The second-order valence-corrected chi connectivity index (χ2v) is 4.52. The van der Waals surface area contributed by atoms with Crippen molar-refractivity contribution in [3.8, 4) is 5.75 Å². The lowest BCUT2D eigenvalue weighted by atomic mass is 10.2. The third kappa shape index (κ3) is 2.60. The van der Waals surface area contributed by atoms with Crippen LogP contribution < -0.4 is 4.74 Å². The lowest BCUT2D eigenvalue weighted by molar-refractivity contribution is 0.0560. The smallest absolute Gasteiger partial charge is 0.377 e. The van der Waals surface area contributed by atoms with Gasteiger partial charge in [0.15, 0.2) is 5.75 Å². The second kappa shape index (κ2) is 5.71. The molecule has 4 heteroatoms. The zero-order valence-electron chi connectivity index (χ0n) is 11.5. The normalized spacial score (nSPS) is 10.5. The van der Waals surface area contributed by atoms with Crippen LogP contribution in [0, 0.1) is 0 Å². The fourth-order valence-corrected chi connectivity index (χ4v) is 2.12. The van der Waals surface area contributed by atoms with Gasteiger partial charge in [-0.25, -0.2) is 4.79 Å². The van der Waals surface area contributed by atoms with Crippen molar-refractivity contribution in [1.82, 2.24) is 0 Å². The van der Waals surface area contributed by atoms with Crippen LogP contribution in [-0.4, -0.2) is 13.1 Å². The summed E-state index contributed by atoms with van der Waals surface area (Å²) in [5.74, 6) is -0.0369. The molecule has 0 bridgehead atoms. The first-order chi connectivity index (χ1) is 10.3. The van der Waals surface area contributed by atoms with Gasteiger partial charge in [-0.05, 0) is 17.7 Å². The Morgan fingerprint density at radius 1 is 1.05 bits per heavy atom. The number of hydrogen-bond acceptors (Lipinski definition) is 4. The minimum absolute atomic E-state index is 0.0923. The van der Waals surface area contributed by atoms with Crippen molar-refractivity contribution >= 4 is 16.9 Å². The van der Waals surface area contributed by atoms with E-state index in [2.05, 4.69) is 0 Å². The molecule has 0 spiro atoms. The lowest BCUT2D eigenvalue weighted by Gasteiger charge is -2.06. The van der Waals surface area contributed by atoms with E-state index in [1.807, 2.05) is 48.5 Å². The van der Waals surface area contributed by atoms with E-state index < -0.39 is 5.97 Å². The van der Waals surface area contributed by atoms with Gasteiger partial charge in [0, 0.05) is 0 Å². The molecule has 2 aromatic carbocycles. The Hall–Kier alpha value is -2.75. The first-order valence-electron chi connectivity index (χ1n) is 6.56. The molecule has 0 aliphatic heterocycles. The number of esters is 1. The molecule has 0 amide bonds. The van der Waals surface area contributed by atoms with Crippen molar-refractivity contribution in [3.05, 3.63) is 65.9 Å². The summed E-state index contributed by atoms with van der Waals surface area (Å²) in [7, 11) is 1.32. The minimum atomic E-state index is -0.547. The quantitative estimate of drug-likeness (QED) is 0.683. The summed E-state index contributed by atoms with van der Waals surface area (Å²) >= 11 is 0. The fourth-order valence-electron chi connectivity index (χ4n) is 2.12. The first kappa shape index (κ1) is 13.2. The van der Waals surface area contributed by atoms with Gasteiger partial charge in [0.05, 0.1) is 12.5 Å². The van der Waals surface area contributed by atoms with Crippen LogP contribution in [0.5, 0.6) is 5.75 Å². The van der Waals surface area contributed by atoms with Crippen molar-refractivity contribution in [3.63, 3.8) is 0 Å². The molecule has 0 atom stereocenters. The number of para-hydroxylation sites is 1. The predicted octanol–water partition coefficient (Wildman–Crippen LogP) is 3.80. The van der Waals surface area contributed by atoms with Gasteiger partial charge in [-0.3, -0.25) is 0 Å². The molecule has 21 heavy (non-hydrogen) atoms. The highest BCUT2D eigenvalue weighted by Gasteiger charge is 2.22. The minimum Gasteiger partial charge on any atom is -0.484 e. The van der Waals surface area contributed by atoms with Crippen LogP contribution in [0.25, 0.3) is 11.0 Å². The van der Waals surface area contributed by atoms with E-state index in [0.717, 1.165) is 10.9 Å². The van der Waals surface area contributed by atoms with E-state index >= 15 is 0 Å². The van der Waals surface area contributed by atoms with E-state index in [-0.39, 0.29) is 5.76 Å². The van der Waals surface area contributed by atoms with Gasteiger partial charge >= 0.3 is 5.97 Å².